The van der Waals surface area contributed by atoms with Crippen LogP contribution < -0.4 is 5.73 Å². The number of anilines is 1. The number of fused-ring (bicyclic) bond motifs is 1. The molecule has 7 nitrogen and oxygen atoms in total. The van der Waals surface area contributed by atoms with Crippen molar-refractivity contribution in [3.05, 3.63) is 47.5 Å². The van der Waals surface area contributed by atoms with Gasteiger partial charge in [0, 0.05) is 18.3 Å². The number of carbonyl (C=O) groups excluding carboxylic acids is 1. The molecule has 0 radical (unpaired) electrons. The second kappa shape index (κ2) is 6.43. The standard InChI is InChI=1S/C16H17N5O2/c1-10-7-11(19-13(17)8-10)4-6-23-15(22)9-14-20-12-3-2-5-18-16(12)21-14/h2-3,5,7-8H,4,6,9H2,1H3,(H2,17,19)(H,18,20,21). The molecule has 0 aliphatic rings. The first-order valence-electron chi connectivity index (χ1n) is 7.28. The number of H-pyrrole nitrogens is 1. The van der Waals surface area contributed by atoms with Gasteiger partial charge in [0.05, 0.1) is 12.1 Å². The molecule has 0 aromatic carbocycles. The van der Waals surface area contributed by atoms with Gasteiger partial charge < -0.3 is 15.5 Å². The first-order chi connectivity index (χ1) is 11.1. The van der Waals surface area contributed by atoms with Crippen LogP contribution in [0.2, 0.25) is 0 Å². The average molecular weight is 311 g/mol. The summed E-state index contributed by atoms with van der Waals surface area (Å²) < 4.78 is 5.23. The van der Waals surface area contributed by atoms with E-state index in [1.807, 2.05) is 25.1 Å². The molecule has 3 aromatic rings. The maximum atomic E-state index is 11.9. The lowest BCUT2D eigenvalue weighted by atomic mass is 10.2. The van der Waals surface area contributed by atoms with Crippen LogP contribution in [0.15, 0.2) is 30.5 Å². The maximum absolute atomic E-state index is 11.9. The largest absolute Gasteiger partial charge is 0.465 e. The van der Waals surface area contributed by atoms with Gasteiger partial charge in [0.25, 0.3) is 0 Å². The maximum Gasteiger partial charge on any atom is 0.313 e. The van der Waals surface area contributed by atoms with Gasteiger partial charge in [0.15, 0.2) is 5.65 Å². The zero-order valence-electron chi connectivity index (χ0n) is 12.7. The molecule has 0 unspecified atom stereocenters. The van der Waals surface area contributed by atoms with Gasteiger partial charge in [-0.1, -0.05) is 0 Å². The number of nitrogen functional groups attached to an aromatic ring is 1. The van der Waals surface area contributed by atoms with Gasteiger partial charge in [-0.05, 0) is 36.8 Å². The minimum absolute atomic E-state index is 0.0831. The van der Waals surface area contributed by atoms with E-state index in [4.69, 9.17) is 10.5 Å². The molecule has 3 heterocycles. The summed E-state index contributed by atoms with van der Waals surface area (Å²) in [6, 6.07) is 7.39. The molecule has 0 spiro atoms. The van der Waals surface area contributed by atoms with Crippen molar-refractivity contribution in [2.24, 2.45) is 0 Å². The molecule has 0 saturated carbocycles. The fraction of sp³-hybridized carbons (Fsp3) is 0.250. The van der Waals surface area contributed by atoms with E-state index in [0.29, 0.717) is 23.7 Å². The Labute approximate surface area is 132 Å². The third kappa shape index (κ3) is 3.82. The van der Waals surface area contributed by atoms with E-state index in [0.717, 1.165) is 16.8 Å². The minimum atomic E-state index is -0.343. The number of aryl methyl sites for hydroxylation is 1. The number of hydrogen-bond acceptors (Lipinski definition) is 6. The number of aromatic nitrogens is 4. The number of rotatable bonds is 5. The van der Waals surface area contributed by atoms with Crippen LogP contribution in [0.1, 0.15) is 17.1 Å². The molecule has 3 aromatic heterocycles. The van der Waals surface area contributed by atoms with Crippen LogP contribution in [-0.4, -0.2) is 32.5 Å². The molecular weight excluding hydrogens is 294 g/mol. The van der Waals surface area contributed by atoms with Crippen molar-refractivity contribution in [1.82, 2.24) is 19.9 Å². The van der Waals surface area contributed by atoms with Crippen molar-refractivity contribution >= 4 is 23.0 Å². The molecule has 0 bridgehead atoms. The number of aromatic amines is 1. The number of ether oxygens (including phenoxy) is 1. The first kappa shape index (κ1) is 15.0. The van der Waals surface area contributed by atoms with Crippen LogP contribution in [-0.2, 0) is 22.4 Å². The number of hydrogen-bond donors (Lipinski definition) is 2. The molecule has 7 heteroatoms. The summed E-state index contributed by atoms with van der Waals surface area (Å²) in [5, 5.41) is 0. The molecule has 0 atom stereocenters. The highest BCUT2D eigenvalue weighted by Gasteiger charge is 2.10. The number of pyridine rings is 2. The highest BCUT2D eigenvalue weighted by atomic mass is 16.5. The third-order valence-electron chi connectivity index (χ3n) is 3.28. The van der Waals surface area contributed by atoms with Crippen molar-refractivity contribution in [3.63, 3.8) is 0 Å². The van der Waals surface area contributed by atoms with Crippen LogP contribution >= 0.6 is 0 Å². The van der Waals surface area contributed by atoms with Crippen LogP contribution in [0.25, 0.3) is 11.2 Å². The molecule has 0 fully saturated rings. The van der Waals surface area contributed by atoms with E-state index in [1.165, 1.54) is 0 Å². The van der Waals surface area contributed by atoms with Crippen molar-refractivity contribution in [2.75, 3.05) is 12.3 Å². The van der Waals surface area contributed by atoms with Crippen molar-refractivity contribution in [2.45, 2.75) is 19.8 Å². The predicted molar refractivity (Wildman–Crippen MR) is 85.6 cm³/mol. The Morgan fingerprint density at radius 2 is 2.22 bits per heavy atom. The Morgan fingerprint density at radius 1 is 1.35 bits per heavy atom. The van der Waals surface area contributed by atoms with Crippen molar-refractivity contribution in [1.29, 1.82) is 0 Å². The quantitative estimate of drug-likeness (QED) is 0.693. The van der Waals surface area contributed by atoms with Crippen LogP contribution in [0.3, 0.4) is 0 Å². The zero-order chi connectivity index (χ0) is 16.2. The van der Waals surface area contributed by atoms with E-state index >= 15 is 0 Å². The van der Waals surface area contributed by atoms with E-state index in [-0.39, 0.29) is 19.0 Å². The molecule has 0 saturated heterocycles. The Bertz CT molecular complexity index is 790. The van der Waals surface area contributed by atoms with E-state index in [9.17, 15) is 4.79 Å². The fourth-order valence-electron chi connectivity index (χ4n) is 2.33. The fourth-order valence-corrected chi connectivity index (χ4v) is 2.33. The zero-order valence-corrected chi connectivity index (χ0v) is 12.7. The summed E-state index contributed by atoms with van der Waals surface area (Å²) in [6.45, 7) is 2.20. The Balaban J connectivity index is 1.53. The van der Waals surface area contributed by atoms with E-state index in [2.05, 4.69) is 19.9 Å². The molecule has 3 N–H and O–H groups in total. The monoisotopic (exact) mass is 311 g/mol. The summed E-state index contributed by atoms with van der Waals surface area (Å²) >= 11 is 0. The van der Waals surface area contributed by atoms with Crippen LogP contribution in [0.5, 0.6) is 0 Å². The average Bonchev–Trinajstić information content (AvgIpc) is 2.88. The second-order valence-corrected chi connectivity index (χ2v) is 5.27. The van der Waals surface area contributed by atoms with Gasteiger partial charge in [0.2, 0.25) is 0 Å². The molecule has 0 aliphatic heterocycles. The summed E-state index contributed by atoms with van der Waals surface area (Å²) in [4.78, 5) is 27.5. The number of imidazole rings is 1. The van der Waals surface area contributed by atoms with Crippen LogP contribution in [0, 0.1) is 6.92 Å². The molecule has 0 amide bonds. The predicted octanol–water partition coefficient (Wildman–Crippen LogP) is 1.57. The van der Waals surface area contributed by atoms with Crippen molar-refractivity contribution < 1.29 is 9.53 Å². The summed E-state index contributed by atoms with van der Waals surface area (Å²) in [7, 11) is 0. The summed E-state index contributed by atoms with van der Waals surface area (Å²) in [5.41, 5.74) is 8.93. The van der Waals surface area contributed by atoms with E-state index in [1.54, 1.807) is 12.3 Å². The minimum Gasteiger partial charge on any atom is -0.465 e. The molecule has 0 aliphatic carbocycles. The smallest absolute Gasteiger partial charge is 0.313 e. The number of nitrogens with one attached hydrogen (secondary N) is 1. The lowest BCUT2D eigenvalue weighted by Gasteiger charge is -2.05. The summed E-state index contributed by atoms with van der Waals surface area (Å²) in [5.74, 6) is 0.674. The normalized spacial score (nSPS) is 10.8. The van der Waals surface area contributed by atoms with Gasteiger partial charge >= 0.3 is 5.97 Å². The highest BCUT2D eigenvalue weighted by Crippen LogP contribution is 2.09. The SMILES string of the molecule is Cc1cc(N)nc(CCOC(=O)Cc2nc3ncccc3[nH]2)c1. The number of nitrogens with zero attached hydrogens (tertiary/aromatic N) is 3. The Hall–Kier alpha value is -2.96. The first-order valence-corrected chi connectivity index (χ1v) is 7.28. The lowest BCUT2D eigenvalue weighted by Crippen LogP contribution is -2.12. The summed E-state index contributed by atoms with van der Waals surface area (Å²) in [6.07, 6.45) is 2.27. The van der Waals surface area contributed by atoms with E-state index < -0.39 is 0 Å². The molecule has 118 valence electrons. The lowest BCUT2D eigenvalue weighted by molar-refractivity contribution is -0.142. The molecular formula is C16H17N5O2. The van der Waals surface area contributed by atoms with Gasteiger partial charge in [-0.25, -0.2) is 15.0 Å². The topological polar surface area (TPSA) is 107 Å². The second-order valence-electron chi connectivity index (χ2n) is 5.27. The van der Waals surface area contributed by atoms with Gasteiger partial charge in [-0.15, -0.1) is 0 Å². The molecule has 23 heavy (non-hydrogen) atoms. The van der Waals surface area contributed by atoms with Crippen LogP contribution in [0.4, 0.5) is 5.82 Å². The number of esters is 1. The number of nitrogens with two attached hydrogens (primary N) is 1. The Morgan fingerprint density at radius 3 is 3.00 bits per heavy atom. The van der Waals surface area contributed by atoms with Gasteiger partial charge in [0.1, 0.15) is 18.1 Å². The van der Waals surface area contributed by atoms with Gasteiger partial charge in [-0.3, -0.25) is 4.79 Å². The Kier molecular flexibility index (Phi) is 4.18. The van der Waals surface area contributed by atoms with Gasteiger partial charge in [-0.2, -0.15) is 0 Å². The number of carbonyl (C=O) groups is 1. The third-order valence-corrected chi connectivity index (χ3v) is 3.28. The van der Waals surface area contributed by atoms with Crippen molar-refractivity contribution in [3.8, 4) is 0 Å². The highest BCUT2D eigenvalue weighted by molar-refractivity contribution is 5.75. The molecule has 3 rings (SSSR count).